The molecule has 0 bridgehead atoms. The number of hydrogen-bond donors (Lipinski definition) is 2. The van der Waals surface area contributed by atoms with Gasteiger partial charge < -0.3 is 20.1 Å². The normalized spacial score (nSPS) is 18.2. The molecule has 0 aromatic heterocycles. The maximum absolute atomic E-state index is 12.6. The van der Waals surface area contributed by atoms with Crippen LogP contribution in [-0.4, -0.2) is 54.2 Å². The molecule has 1 fully saturated rings. The number of rotatable bonds is 10. The van der Waals surface area contributed by atoms with Gasteiger partial charge in [0.05, 0.1) is 0 Å². The van der Waals surface area contributed by atoms with Crippen LogP contribution in [0.5, 0.6) is 0 Å². The van der Waals surface area contributed by atoms with Crippen molar-refractivity contribution in [1.82, 2.24) is 10.2 Å². The van der Waals surface area contributed by atoms with Gasteiger partial charge >= 0.3 is 12.1 Å². The Bertz CT molecular complexity index is 991. The van der Waals surface area contributed by atoms with Crippen LogP contribution >= 0.6 is 0 Å². The summed E-state index contributed by atoms with van der Waals surface area (Å²) in [5.74, 6) is -0.796. The van der Waals surface area contributed by atoms with E-state index in [-0.39, 0.29) is 36.7 Å². The van der Waals surface area contributed by atoms with Crippen LogP contribution in [0.1, 0.15) is 43.2 Å². The first kappa shape index (κ1) is 22.8. The summed E-state index contributed by atoms with van der Waals surface area (Å²) in [6, 6.07) is 16.4. The van der Waals surface area contributed by atoms with Crippen LogP contribution in [0.3, 0.4) is 0 Å². The predicted octanol–water partition coefficient (Wildman–Crippen LogP) is 3.87. The lowest BCUT2D eigenvalue weighted by atomic mass is 9.98. The fraction of sp³-hybridized carbons (Fsp3) is 0.423. The first-order chi connectivity index (χ1) is 16.0. The maximum atomic E-state index is 12.6. The Balaban J connectivity index is 1.23. The molecule has 174 valence electrons. The number of hydrogen-bond acceptors (Lipinski definition) is 4. The van der Waals surface area contributed by atoms with Gasteiger partial charge in [-0.1, -0.05) is 48.5 Å². The number of ether oxygens (including phenoxy) is 1. The molecule has 0 saturated heterocycles. The Labute approximate surface area is 193 Å². The number of carboxylic acid groups (broad SMARTS) is 1. The van der Waals surface area contributed by atoms with Crippen LogP contribution in [0.4, 0.5) is 4.79 Å². The van der Waals surface area contributed by atoms with E-state index >= 15 is 0 Å². The standard InChI is InChI=1S/C26H30N2O5/c1-2-28(13-7-12-24(29)30)25(31)22-14-17(22)15-27-26(32)33-16-23-20-10-5-3-8-18(20)19-9-4-6-11-21(19)23/h3-6,8-11,17,22-23H,2,7,12-16H2,1H3,(H,27,32)(H,29,30)/t17-,22-/m0/s1. The van der Waals surface area contributed by atoms with Crippen molar-refractivity contribution in [2.24, 2.45) is 11.8 Å². The topological polar surface area (TPSA) is 95.9 Å². The highest BCUT2D eigenvalue weighted by molar-refractivity contribution is 5.82. The molecule has 0 radical (unpaired) electrons. The number of amides is 2. The maximum Gasteiger partial charge on any atom is 0.407 e. The number of aliphatic carboxylic acids is 1. The third-order valence-corrected chi connectivity index (χ3v) is 6.60. The smallest absolute Gasteiger partial charge is 0.407 e. The molecule has 2 aliphatic carbocycles. The fourth-order valence-electron chi connectivity index (χ4n) is 4.72. The van der Waals surface area contributed by atoms with Crippen LogP contribution < -0.4 is 5.32 Å². The number of carbonyl (C=O) groups is 3. The van der Waals surface area contributed by atoms with Gasteiger partial charge in [0.1, 0.15) is 6.61 Å². The molecule has 1 saturated carbocycles. The Morgan fingerprint density at radius 1 is 1.06 bits per heavy atom. The summed E-state index contributed by atoms with van der Waals surface area (Å²) >= 11 is 0. The Hall–Kier alpha value is -3.35. The van der Waals surface area contributed by atoms with Crippen molar-refractivity contribution in [2.75, 3.05) is 26.2 Å². The predicted molar refractivity (Wildman–Crippen MR) is 124 cm³/mol. The zero-order valence-electron chi connectivity index (χ0n) is 18.8. The van der Waals surface area contributed by atoms with Gasteiger partial charge in [-0.05, 0) is 47.9 Å². The van der Waals surface area contributed by atoms with Gasteiger partial charge in [-0.3, -0.25) is 9.59 Å². The third kappa shape index (κ3) is 5.18. The van der Waals surface area contributed by atoms with Crippen LogP contribution in [-0.2, 0) is 14.3 Å². The molecule has 4 rings (SSSR count). The van der Waals surface area contributed by atoms with E-state index in [1.54, 1.807) is 4.90 Å². The molecule has 0 heterocycles. The van der Waals surface area contributed by atoms with E-state index in [0.29, 0.717) is 26.1 Å². The molecule has 0 aliphatic heterocycles. The lowest BCUT2D eigenvalue weighted by molar-refractivity contribution is -0.138. The van der Waals surface area contributed by atoms with Gasteiger partial charge in [-0.15, -0.1) is 0 Å². The van der Waals surface area contributed by atoms with Gasteiger partial charge in [0.25, 0.3) is 0 Å². The second-order valence-electron chi connectivity index (χ2n) is 8.72. The highest BCUT2D eigenvalue weighted by Crippen LogP contribution is 2.44. The van der Waals surface area contributed by atoms with Crippen molar-refractivity contribution in [3.8, 4) is 11.1 Å². The first-order valence-electron chi connectivity index (χ1n) is 11.6. The summed E-state index contributed by atoms with van der Waals surface area (Å²) in [6.45, 7) is 3.57. The molecule has 0 unspecified atom stereocenters. The largest absolute Gasteiger partial charge is 0.481 e. The summed E-state index contributed by atoms with van der Waals surface area (Å²) in [7, 11) is 0. The molecule has 2 aromatic rings. The fourth-order valence-corrected chi connectivity index (χ4v) is 4.72. The summed E-state index contributed by atoms with van der Waals surface area (Å²) in [5, 5.41) is 11.6. The molecule has 2 aliphatic rings. The number of carboxylic acids is 1. The van der Waals surface area contributed by atoms with Crippen molar-refractivity contribution < 1.29 is 24.2 Å². The second-order valence-corrected chi connectivity index (χ2v) is 8.72. The van der Waals surface area contributed by atoms with Gasteiger partial charge in [0.2, 0.25) is 5.91 Å². The molecule has 7 heteroatoms. The Kier molecular flexibility index (Phi) is 6.96. The number of fused-ring (bicyclic) bond motifs is 3. The molecule has 2 amide bonds. The molecule has 2 aromatic carbocycles. The van der Waals surface area contributed by atoms with E-state index in [1.807, 2.05) is 31.2 Å². The Morgan fingerprint density at radius 2 is 1.70 bits per heavy atom. The summed E-state index contributed by atoms with van der Waals surface area (Å²) in [6.07, 6.45) is 0.771. The average Bonchev–Trinajstić information content (AvgIpc) is 3.53. The number of nitrogens with one attached hydrogen (secondary N) is 1. The minimum Gasteiger partial charge on any atom is -0.481 e. The average molecular weight is 451 g/mol. The van der Waals surface area contributed by atoms with Gasteiger partial charge in [0.15, 0.2) is 0 Å². The van der Waals surface area contributed by atoms with Crippen LogP contribution in [0.2, 0.25) is 0 Å². The van der Waals surface area contributed by atoms with Crippen molar-refractivity contribution in [2.45, 2.75) is 32.1 Å². The van der Waals surface area contributed by atoms with Crippen molar-refractivity contribution in [1.29, 1.82) is 0 Å². The van der Waals surface area contributed by atoms with E-state index in [0.717, 1.165) is 6.42 Å². The number of benzene rings is 2. The number of alkyl carbamates (subject to hydrolysis) is 1. The minimum atomic E-state index is -0.852. The molecular formula is C26H30N2O5. The minimum absolute atomic E-state index is 0.0160. The van der Waals surface area contributed by atoms with Crippen LogP contribution in [0.25, 0.3) is 11.1 Å². The van der Waals surface area contributed by atoms with E-state index in [9.17, 15) is 14.4 Å². The lowest BCUT2D eigenvalue weighted by Gasteiger charge is -2.20. The highest BCUT2D eigenvalue weighted by atomic mass is 16.5. The van der Waals surface area contributed by atoms with E-state index in [2.05, 4.69) is 29.6 Å². The molecule has 7 nitrogen and oxygen atoms in total. The van der Waals surface area contributed by atoms with E-state index in [1.165, 1.54) is 22.3 Å². The molecule has 2 atom stereocenters. The van der Waals surface area contributed by atoms with Gasteiger partial charge in [-0.2, -0.15) is 0 Å². The van der Waals surface area contributed by atoms with Crippen LogP contribution in [0.15, 0.2) is 48.5 Å². The Morgan fingerprint density at radius 3 is 2.30 bits per heavy atom. The lowest BCUT2D eigenvalue weighted by Crippen LogP contribution is -2.35. The molecule has 0 spiro atoms. The zero-order chi connectivity index (χ0) is 23.4. The number of nitrogens with zero attached hydrogens (tertiary/aromatic N) is 1. The summed E-state index contributed by atoms with van der Waals surface area (Å²) < 4.78 is 5.56. The van der Waals surface area contributed by atoms with E-state index < -0.39 is 12.1 Å². The highest BCUT2D eigenvalue weighted by Gasteiger charge is 2.44. The van der Waals surface area contributed by atoms with Gasteiger partial charge in [0, 0.05) is 37.9 Å². The molecule has 33 heavy (non-hydrogen) atoms. The quantitative estimate of drug-likeness (QED) is 0.573. The first-order valence-corrected chi connectivity index (χ1v) is 11.6. The third-order valence-electron chi connectivity index (χ3n) is 6.60. The second kappa shape index (κ2) is 10.1. The van der Waals surface area contributed by atoms with Crippen molar-refractivity contribution >= 4 is 18.0 Å². The zero-order valence-corrected chi connectivity index (χ0v) is 18.8. The molecule has 2 N–H and O–H groups in total. The van der Waals surface area contributed by atoms with Crippen molar-refractivity contribution in [3.63, 3.8) is 0 Å². The SMILES string of the molecule is CCN(CCCC(=O)O)C(=O)[C@H]1C[C@H]1CNC(=O)OCC1c2ccccc2-c2ccccc21. The summed E-state index contributed by atoms with van der Waals surface area (Å²) in [4.78, 5) is 37.4. The van der Waals surface area contributed by atoms with Gasteiger partial charge in [-0.25, -0.2) is 4.79 Å². The molecular weight excluding hydrogens is 420 g/mol. The van der Waals surface area contributed by atoms with Crippen LogP contribution in [0, 0.1) is 11.8 Å². The van der Waals surface area contributed by atoms with E-state index in [4.69, 9.17) is 9.84 Å². The summed E-state index contributed by atoms with van der Waals surface area (Å²) in [5.41, 5.74) is 4.71. The monoisotopic (exact) mass is 450 g/mol. The number of carbonyl (C=O) groups excluding carboxylic acids is 2. The van der Waals surface area contributed by atoms with Crippen molar-refractivity contribution in [3.05, 3.63) is 59.7 Å².